The lowest BCUT2D eigenvalue weighted by atomic mass is 10.1. The van der Waals surface area contributed by atoms with E-state index in [0.29, 0.717) is 39.3 Å². The van der Waals surface area contributed by atoms with Gasteiger partial charge in [-0.2, -0.15) is 0 Å². The second-order valence-electron chi connectivity index (χ2n) is 9.03. The fraction of sp³-hybridized carbons (Fsp3) is 0.167. The number of carbonyl (C=O) groups excluding carboxylic acids is 1. The molecule has 0 bridgehead atoms. The van der Waals surface area contributed by atoms with Gasteiger partial charge in [-0.05, 0) is 61.0 Å². The van der Waals surface area contributed by atoms with Crippen molar-refractivity contribution in [3.63, 3.8) is 0 Å². The number of benzene rings is 3. The third-order valence-corrected chi connectivity index (χ3v) is 7.61. The Morgan fingerprint density at radius 2 is 1.85 bits per heavy atom. The number of fused-ring (bicyclic) bond motifs is 3. The molecular formula is C30H25FN2O6S. The molecule has 0 saturated carbocycles. The maximum atomic E-state index is 14.0. The summed E-state index contributed by atoms with van der Waals surface area (Å²) in [6, 6.07) is 17.6. The Labute approximate surface area is 232 Å². The number of aromatic hydroxyl groups is 1. The zero-order chi connectivity index (χ0) is 28.6. The van der Waals surface area contributed by atoms with Crippen LogP contribution in [0.25, 0.3) is 21.9 Å². The first-order valence-corrected chi connectivity index (χ1v) is 13.2. The molecule has 0 aliphatic rings. The molecule has 0 aliphatic heterocycles. The monoisotopic (exact) mass is 560 g/mol. The summed E-state index contributed by atoms with van der Waals surface area (Å²) in [5.41, 5.74) is 0.0867. The van der Waals surface area contributed by atoms with Crippen LogP contribution in [-0.2, 0) is 11.3 Å². The number of methoxy groups -OCH3 is 1. The molecule has 5 rings (SSSR count). The average Bonchev–Trinajstić information content (AvgIpc) is 2.94. The van der Waals surface area contributed by atoms with Gasteiger partial charge in [0, 0.05) is 29.4 Å². The molecule has 1 N–H and O–H groups in total. The Morgan fingerprint density at radius 1 is 1.10 bits per heavy atom. The summed E-state index contributed by atoms with van der Waals surface area (Å²) in [6.45, 7) is 3.71. The summed E-state index contributed by atoms with van der Waals surface area (Å²) in [5.74, 6) is -0.537. The Balaban J connectivity index is 1.79. The molecule has 10 heteroatoms. The van der Waals surface area contributed by atoms with E-state index in [0.717, 1.165) is 11.8 Å². The molecule has 1 amide bonds. The van der Waals surface area contributed by atoms with Crippen LogP contribution in [0.1, 0.15) is 19.4 Å². The van der Waals surface area contributed by atoms with Gasteiger partial charge in [0.25, 0.3) is 5.56 Å². The average molecular weight is 561 g/mol. The number of hydrogen-bond donors (Lipinski definition) is 1. The van der Waals surface area contributed by atoms with E-state index < -0.39 is 22.8 Å². The van der Waals surface area contributed by atoms with Crippen molar-refractivity contribution in [2.24, 2.45) is 0 Å². The molecule has 0 saturated heterocycles. The number of anilines is 1. The largest absolute Gasteiger partial charge is 0.505 e. The number of pyridine rings is 1. The van der Waals surface area contributed by atoms with E-state index in [1.165, 1.54) is 35.6 Å². The van der Waals surface area contributed by atoms with Crippen LogP contribution in [0.15, 0.2) is 90.5 Å². The predicted molar refractivity (Wildman–Crippen MR) is 152 cm³/mol. The van der Waals surface area contributed by atoms with Gasteiger partial charge in [-0.3, -0.25) is 9.59 Å². The first kappa shape index (κ1) is 27.0. The molecule has 3 aromatic carbocycles. The number of halogens is 1. The van der Waals surface area contributed by atoms with Gasteiger partial charge < -0.3 is 23.7 Å². The molecule has 2 heterocycles. The predicted octanol–water partition coefficient (Wildman–Crippen LogP) is 5.53. The van der Waals surface area contributed by atoms with Crippen molar-refractivity contribution in [2.45, 2.75) is 30.2 Å². The van der Waals surface area contributed by atoms with Crippen LogP contribution in [0.4, 0.5) is 10.1 Å². The second-order valence-corrected chi connectivity index (χ2v) is 10.1. The van der Waals surface area contributed by atoms with Crippen molar-refractivity contribution >= 4 is 45.2 Å². The van der Waals surface area contributed by atoms with Crippen molar-refractivity contribution in [2.75, 3.05) is 18.6 Å². The van der Waals surface area contributed by atoms with Gasteiger partial charge in [0.15, 0.2) is 11.3 Å². The molecule has 0 spiro atoms. The zero-order valence-electron chi connectivity index (χ0n) is 21.9. The van der Waals surface area contributed by atoms with Crippen LogP contribution >= 0.6 is 11.8 Å². The van der Waals surface area contributed by atoms with Crippen LogP contribution in [0, 0.1) is 5.82 Å². The van der Waals surface area contributed by atoms with E-state index in [1.807, 2.05) is 6.92 Å². The van der Waals surface area contributed by atoms with Crippen molar-refractivity contribution in [1.82, 2.24) is 4.57 Å². The lowest BCUT2D eigenvalue weighted by molar-refractivity contribution is -0.116. The molecular weight excluding hydrogens is 535 g/mol. The molecule has 204 valence electrons. The zero-order valence-corrected chi connectivity index (χ0v) is 22.8. The molecule has 0 aliphatic carbocycles. The van der Waals surface area contributed by atoms with E-state index >= 15 is 0 Å². The number of amides is 1. The Bertz CT molecular complexity index is 1880. The highest BCUT2D eigenvalue weighted by atomic mass is 32.2. The van der Waals surface area contributed by atoms with Crippen molar-refractivity contribution < 1.29 is 23.4 Å². The van der Waals surface area contributed by atoms with Crippen LogP contribution in [0.2, 0.25) is 0 Å². The third-order valence-electron chi connectivity index (χ3n) is 6.56. The molecule has 0 fully saturated rings. The highest BCUT2D eigenvalue weighted by Gasteiger charge is 2.23. The van der Waals surface area contributed by atoms with E-state index in [2.05, 4.69) is 0 Å². The topological polar surface area (TPSA) is 102 Å². The van der Waals surface area contributed by atoms with Crippen LogP contribution in [0.3, 0.4) is 0 Å². The molecule has 5 aromatic rings. The summed E-state index contributed by atoms with van der Waals surface area (Å²) < 4.78 is 25.9. The molecule has 0 unspecified atom stereocenters. The van der Waals surface area contributed by atoms with Gasteiger partial charge in [-0.25, -0.2) is 9.18 Å². The van der Waals surface area contributed by atoms with E-state index in [9.17, 15) is 23.9 Å². The van der Waals surface area contributed by atoms with Gasteiger partial charge in [-0.1, -0.05) is 30.0 Å². The van der Waals surface area contributed by atoms with Gasteiger partial charge >= 0.3 is 5.63 Å². The fourth-order valence-corrected chi connectivity index (χ4v) is 5.51. The Kier molecular flexibility index (Phi) is 7.36. The lowest BCUT2D eigenvalue weighted by Gasteiger charge is -2.21. The third kappa shape index (κ3) is 4.93. The number of carbonyl (C=O) groups is 1. The van der Waals surface area contributed by atoms with E-state index in [-0.39, 0.29) is 28.3 Å². The van der Waals surface area contributed by atoms with E-state index in [4.69, 9.17) is 9.15 Å². The van der Waals surface area contributed by atoms with Gasteiger partial charge in [-0.15, -0.1) is 0 Å². The molecule has 40 heavy (non-hydrogen) atoms. The first-order chi connectivity index (χ1) is 19.2. The minimum atomic E-state index is -0.808. The van der Waals surface area contributed by atoms with Crippen molar-refractivity contribution in [3.8, 4) is 11.5 Å². The molecule has 8 nitrogen and oxygen atoms in total. The highest BCUT2D eigenvalue weighted by molar-refractivity contribution is 7.99. The first-order valence-electron chi connectivity index (χ1n) is 12.4. The number of nitrogens with zero attached hydrogens (tertiary/aromatic N) is 2. The minimum Gasteiger partial charge on any atom is -0.505 e. The second kappa shape index (κ2) is 10.9. The summed E-state index contributed by atoms with van der Waals surface area (Å²) in [6.07, 6.45) is 0. The normalized spacial score (nSPS) is 11.2. The van der Waals surface area contributed by atoms with Crippen molar-refractivity contribution in [1.29, 1.82) is 0 Å². The van der Waals surface area contributed by atoms with Crippen molar-refractivity contribution in [3.05, 3.63) is 98.9 Å². The Morgan fingerprint density at radius 3 is 2.52 bits per heavy atom. The quantitative estimate of drug-likeness (QED) is 0.261. The maximum absolute atomic E-state index is 14.0. The summed E-state index contributed by atoms with van der Waals surface area (Å²) in [5, 5.41) is 11.5. The Hall–Kier alpha value is -4.57. The number of aromatic nitrogens is 1. The van der Waals surface area contributed by atoms with Gasteiger partial charge in [0.05, 0.1) is 19.2 Å². The standard InChI is InChI=1S/C30H25FN2O6S/c1-4-32(17(2)34)20-12-13-23-24(14-20)33(16-18-8-10-19(31)11-9-18)29(36)25-26(35)28(30(37)39-27(23)25)40-22-7-5-6-21(15-22)38-3/h5-15,35H,4,16H2,1-3H3. The highest BCUT2D eigenvalue weighted by Crippen LogP contribution is 2.38. The van der Waals surface area contributed by atoms with Crippen LogP contribution < -0.4 is 20.8 Å². The van der Waals surface area contributed by atoms with E-state index in [1.54, 1.807) is 54.6 Å². The number of rotatable bonds is 7. The summed E-state index contributed by atoms with van der Waals surface area (Å²) >= 11 is 0.953. The molecule has 2 aromatic heterocycles. The fourth-order valence-electron chi connectivity index (χ4n) is 4.63. The minimum absolute atomic E-state index is 0.0398. The smallest absolute Gasteiger partial charge is 0.354 e. The molecule has 0 radical (unpaired) electrons. The summed E-state index contributed by atoms with van der Waals surface area (Å²) in [7, 11) is 1.52. The SMILES string of the molecule is CCN(C(C)=O)c1ccc2c3oc(=O)c(Sc4cccc(OC)c4)c(O)c3c(=O)n(Cc3ccc(F)cc3)c2c1. The molecule has 0 atom stereocenters. The van der Waals surface area contributed by atoms with Crippen LogP contribution in [0.5, 0.6) is 11.5 Å². The van der Waals surface area contributed by atoms with Crippen LogP contribution in [-0.4, -0.2) is 29.2 Å². The summed E-state index contributed by atoms with van der Waals surface area (Å²) in [4.78, 5) is 41.3. The number of ether oxygens (including phenoxy) is 1. The lowest BCUT2D eigenvalue weighted by Crippen LogP contribution is -2.28. The van der Waals surface area contributed by atoms with Gasteiger partial charge in [0.2, 0.25) is 5.91 Å². The van der Waals surface area contributed by atoms with Gasteiger partial charge in [0.1, 0.15) is 21.8 Å². The number of hydrogen-bond acceptors (Lipinski definition) is 7. The maximum Gasteiger partial charge on any atom is 0.354 e.